The molecule has 0 aliphatic rings. The van der Waals surface area contributed by atoms with Crippen LogP contribution in [0.5, 0.6) is 17.2 Å². The molecular formula is C30H35N5O5. The Bertz CT molecular complexity index is 1390. The third-order valence-corrected chi connectivity index (χ3v) is 6.47. The zero-order chi connectivity index (χ0) is 28.5. The first-order chi connectivity index (χ1) is 19.4. The van der Waals surface area contributed by atoms with E-state index in [1.54, 1.807) is 42.9 Å². The van der Waals surface area contributed by atoms with E-state index in [1.807, 2.05) is 79.8 Å². The number of aryl methyl sites for hydroxylation is 1. The summed E-state index contributed by atoms with van der Waals surface area (Å²) >= 11 is 0. The van der Waals surface area contributed by atoms with E-state index in [2.05, 4.69) is 10.3 Å². The number of carbonyl (C=O) groups excluding carboxylic acids is 1. The van der Waals surface area contributed by atoms with Crippen LogP contribution in [0.2, 0.25) is 0 Å². The van der Waals surface area contributed by atoms with E-state index in [-0.39, 0.29) is 19.4 Å². The van der Waals surface area contributed by atoms with Gasteiger partial charge in [0, 0.05) is 44.9 Å². The molecule has 3 aromatic carbocycles. The number of ether oxygens (including phenoxy) is 4. The van der Waals surface area contributed by atoms with Gasteiger partial charge in [-0.05, 0) is 42.0 Å². The van der Waals surface area contributed by atoms with E-state index in [0.29, 0.717) is 36.0 Å². The summed E-state index contributed by atoms with van der Waals surface area (Å²) < 4.78 is 23.2. The molecular weight excluding hydrogens is 510 g/mol. The minimum atomic E-state index is -0.141. The molecule has 10 heteroatoms. The van der Waals surface area contributed by atoms with Gasteiger partial charge in [-0.15, -0.1) is 5.10 Å². The molecule has 1 aromatic heterocycles. The molecule has 40 heavy (non-hydrogen) atoms. The fourth-order valence-corrected chi connectivity index (χ4v) is 4.34. The van der Waals surface area contributed by atoms with E-state index in [9.17, 15) is 4.79 Å². The second-order valence-corrected chi connectivity index (χ2v) is 9.24. The molecule has 0 bridgehead atoms. The predicted octanol–water partition coefficient (Wildman–Crippen LogP) is 4.74. The maximum atomic E-state index is 13.9. The smallest absolute Gasteiger partial charge is 0.320 e. The van der Waals surface area contributed by atoms with Crippen molar-refractivity contribution in [2.24, 2.45) is 7.05 Å². The number of nitrogens with zero attached hydrogens (tertiary/aromatic N) is 5. The molecule has 4 rings (SSSR count). The number of hydrogen-bond acceptors (Lipinski definition) is 7. The van der Waals surface area contributed by atoms with Crippen LogP contribution in [-0.4, -0.2) is 66.0 Å². The van der Waals surface area contributed by atoms with E-state index < -0.39 is 0 Å². The van der Waals surface area contributed by atoms with Gasteiger partial charge in [0.1, 0.15) is 22.9 Å². The van der Waals surface area contributed by atoms with Crippen molar-refractivity contribution in [2.45, 2.75) is 19.6 Å². The summed E-state index contributed by atoms with van der Waals surface area (Å²) in [6, 6.07) is 22.9. The molecule has 0 fully saturated rings. The zero-order valence-corrected chi connectivity index (χ0v) is 23.5. The first-order valence-corrected chi connectivity index (χ1v) is 12.8. The Morgan fingerprint density at radius 1 is 0.875 bits per heavy atom. The second kappa shape index (κ2) is 13.5. The van der Waals surface area contributed by atoms with Crippen LogP contribution < -0.4 is 14.2 Å². The second-order valence-electron chi connectivity index (χ2n) is 9.24. The van der Waals surface area contributed by atoms with Crippen molar-refractivity contribution in [1.29, 1.82) is 0 Å². The SMILES string of the molecule is COCOc1ccc(-c2nnn(C)c2CN(Cc2ccc(OC)cc2OC)C(=O)N(C)Cc2ccccc2)cc1. The van der Waals surface area contributed by atoms with Gasteiger partial charge in [-0.25, -0.2) is 9.48 Å². The van der Waals surface area contributed by atoms with Crippen LogP contribution in [0.3, 0.4) is 0 Å². The number of urea groups is 1. The van der Waals surface area contributed by atoms with Gasteiger partial charge in [0.15, 0.2) is 6.79 Å². The molecule has 0 aliphatic carbocycles. The Morgan fingerprint density at radius 2 is 1.60 bits per heavy atom. The van der Waals surface area contributed by atoms with Crippen LogP contribution in [0.15, 0.2) is 72.8 Å². The van der Waals surface area contributed by atoms with Crippen LogP contribution in [0.25, 0.3) is 11.3 Å². The number of methoxy groups -OCH3 is 3. The summed E-state index contributed by atoms with van der Waals surface area (Å²) in [7, 11) is 8.41. The van der Waals surface area contributed by atoms with Gasteiger partial charge in [0.25, 0.3) is 0 Å². The number of amides is 2. The van der Waals surface area contributed by atoms with Gasteiger partial charge in [0.2, 0.25) is 0 Å². The van der Waals surface area contributed by atoms with E-state index in [4.69, 9.17) is 18.9 Å². The van der Waals surface area contributed by atoms with Crippen LogP contribution in [0.1, 0.15) is 16.8 Å². The van der Waals surface area contributed by atoms with E-state index in [0.717, 1.165) is 22.4 Å². The fourth-order valence-electron chi connectivity index (χ4n) is 4.34. The highest BCUT2D eigenvalue weighted by atomic mass is 16.7. The molecule has 1 heterocycles. The summed E-state index contributed by atoms with van der Waals surface area (Å²) in [4.78, 5) is 17.4. The molecule has 0 saturated carbocycles. The first kappa shape index (κ1) is 28.4. The fraction of sp³-hybridized carbons (Fsp3) is 0.300. The molecule has 0 atom stereocenters. The monoisotopic (exact) mass is 545 g/mol. The van der Waals surface area contributed by atoms with E-state index >= 15 is 0 Å². The lowest BCUT2D eigenvalue weighted by Crippen LogP contribution is -2.40. The molecule has 0 spiro atoms. The Hall–Kier alpha value is -4.57. The largest absolute Gasteiger partial charge is 0.497 e. The normalized spacial score (nSPS) is 10.7. The highest BCUT2D eigenvalue weighted by molar-refractivity contribution is 5.75. The highest BCUT2D eigenvalue weighted by Gasteiger charge is 2.24. The van der Waals surface area contributed by atoms with Gasteiger partial charge < -0.3 is 28.7 Å². The van der Waals surface area contributed by atoms with Crippen LogP contribution in [-0.2, 0) is 31.4 Å². The number of aromatic nitrogens is 3. The van der Waals surface area contributed by atoms with Gasteiger partial charge in [-0.1, -0.05) is 35.5 Å². The van der Waals surface area contributed by atoms with Crippen LogP contribution in [0, 0.1) is 0 Å². The Balaban J connectivity index is 1.65. The summed E-state index contributed by atoms with van der Waals surface area (Å²) in [6.07, 6.45) is 0. The summed E-state index contributed by atoms with van der Waals surface area (Å²) in [6.45, 7) is 1.21. The average molecular weight is 546 g/mol. The number of carbonyl (C=O) groups is 1. The Labute approximate surface area is 234 Å². The quantitative estimate of drug-likeness (QED) is 0.238. The van der Waals surface area contributed by atoms with Crippen molar-refractivity contribution in [3.05, 3.63) is 89.6 Å². The predicted molar refractivity (Wildman–Crippen MR) is 151 cm³/mol. The maximum Gasteiger partial charge on any atom is 0.320 e. The van der Waals surface area contributed by atoms with Crippen molar-refractivity contribution in [1.82, 2.24) is 24.8 Å². The molecule has 4 aromatic rings. The molecule has 0 saturated heterocycles. The first-order valence-electron chi connectivity index (χ1n) is 12.8. The van der Waals surface area contributed by atoms with Crippen molar-refractivity contribution in [3.63, 3.8) is 0 Å². The molecule has 0 radical (unpaired) electrons. The van der Waals surface area contributed by atoms with Gasteiger partial charge in [0.05, 0.1) is 33.0 Å². The third kappa shape index (κ3) is 6.89. The van der Waals surface area contributed by atoms with Crippen LogP contribution in [0.4, 0.5) is 4.79 Å². The van der Waals surface area contributed by atoms with Crippen molar-refractivity contribution in [2.75, 3.05) is 35.2 Å². The number of rotatable bonds is 12. The molecule has 10 nitrogen and oxygen atoms in total. The Kier molecular flexibility index (Phi) is 9.58. The highest BCUT2D eigenvalue weighted by Crippen LogP contribution is 2.29. The third-order valence-electron chi connectivity index (χ3n) is 6.47. The van der Waals surface area contributed by atoms with Crippen molar-refractivity contribution in [3.8, 4) is 28.5 Å². The summed E-state index contributed by atoms with van der Waals surface area (Å²) in [5.41, 5.74) is 4.23. The minimum absolute atomic E-state index is 0.141. The van der Waals surface area contributed by atoms with Gasteiger partial charge >= 0.3 is 6.03 Å². The molecule has 0 N–H and O–H groups in total. The minimum Gasteiger partial charge on any atom is -0.497 e. The van der Waals surface area contributed by atoms with E-state index in [1.165, 1.54) is 0 Å². The zero-order valence-electron chi connectivity index (χ0n) is 23.5. The lowest BCUT2D eigenvalue weighted by Gasteiger charge is -2.29. The molecule has 2 amide bonds. The van der Waals surface area contributed by atoms with Crippen molar-refractivity contribution < 1.29 is 23.7 Å². The van der Waals surface area contributed by atoms with Crippen molar-refractivity contribution >= 4 is 6.03 Å². The summed E-state index contributed by atoms with van der Waals surface area (Å²) in [5, 5.41) is 8.70. The molecule has 210 valence electrons. The lowest BCUT2D eigenvalue weighted by atomic mass is 10.1. The number of benzene rings is 3. The lowest BCUT2D eigenvalue weighted by molar-refractivity contribution is 0.0511. The standard InChI is InChI=1S/C30H35N5O5/c1-33(18-22-9-7-6-8-10-22)30(36)35(19-24-13-16-26(38-4)17-28(24)39-5)20-27-29(31-32-34(27)2)23-11-14-25(15-12-23)40-21-37-3/h6-17H,18-21H2,1-5H3. The van der Waals surface area contributed by atoms with Gasteiger partial charge in [-0.3, -0.25) is 0 Å². The maximum absolute atomic E-state index is 13.9. The molecule has 0 aliphatic heterocycles. The number of hydrogen-bond donors (Lipinski definition) is 0. The average Bonchev–Trinajstić information content (AvgIpc) is 3.35. The van der Waals surface area contributed by atoms with Crippen LogP contribution >= 0.6 is 0 Å². The Morgan fingerprint density at radius 3 is 2.27 bits per heavy atom. The summed E-state index contributed by atoms with van der Waals surface area (Å²) in [5.74, 6) is 2.00. The molecule has 0 unspecified atom stereocenters. The topological polar surface area (TPSA) is 91.2 Å². The van der Waals surface area contributed by atoms with Gasteiger partial charge in [-0.2, -0.15) is 0 Å².